The van der Waals surface area contributed by atoms with Crippen molar-refractivity contribution in [3.05, 3.63) is 47.5 Å². The molecule has 4 aromatic heterocycles. The summed E-state index contributed by atoms with van der Waals surface area (Å²) in [6, 6.07) is 9.70. The zero-order valence-corrected chi connectivity index (χ0v) is 14.9. The van der Waals surface area contributed by atoms with E-state index in [1.54, 1.807) is 11.6 Å². The first kappa shape index (κ1) is 15.9. The van der Waals surface area contributed by atoms with Crippen LogP contribution in [0.25, 0.3) is 22.6 Å². The largest absolute Gasteiger partial charge is 0.322 e. The van der Waals surface area contributed by atoms with Crippen molar-refractivity contribution in [2.45, 2.75) is 13.8 Å². The number of imidazole rings is 1. The van der Waals surface area contributed by atoms with Crippen molar-refractivity contribution >= 4 is 28.2 Å². The summed E-state index contributed by atoms with van der Waals surface area (Å²) >= 11 is 0. The molecule has 2 N–H and O–H groups in total. The molecule has 11 nitrogen and oxygen atoms in total. The molecule has 0 radical (unpaired) electrons. The standard InChI is InChI=1S/C17H13N11/c1-9-14(16-20-10(2)26-28(16)25-9)23-24-15-11(7-18)8-19-27(15)17-21-12-5-3-4-6-13(12)22-17/h3-6,8,25H,1-2H3,(H,21,22). The maximum absolute atomic E-state index is 9.44. The predicted octanol–water partition coefficient (Wildman–Crippen LogP) is 3.02. The van der Waals surface area contributed by atoms with Gasteiger partial charge in [-0.3, -0.25) is 5.10 Å². The highest BCUT2D eigenvalue weighted by molar-refractivity contribution is 5.76. The Morgan fingerprint density at radius 3 is 2.82 bits per heavy atom. The van der Waals surface area contributed by atoms with Crippen molar-refractivity contribution in [1.29, 1.82) is 5.26 Å². The zero-order chi connectivity index (χ0) is 19.3. The molecule has 0 unspecified atom stereocenters. The third kappa shape index (κ3) is 2.36. The van der Waals surface area contributed by atoms with E-state index < -0.39 is 0 Å². The van der Waals surface area contributed by atoms with Crippen molar-refractivity contribution in [3.8, 4) is 12.0 Å². The Hall–Kier alpha value is -4.33. The van der Waals surface area contributed by atoms with Gasteiger partial charge in [0.2, 0.25) is 11.6 Å². The number of fused-ring (bicyclic) bond motifs is 2. The average Bonchev–Trinajstić information content (AvgIpc) is 3.41. The van der Waals surface area contributed by atoms with Crippen LogP contribution < -0.4 is 0 Å². The summed E-state index contributed by atoms with van der Waals surface area (Å²) in [6.07, 6.45) is 1.43. The predicted molar refractivity (Wildman–Crippen MR) is 98.9 cm³/mol. The number of hydrogen-bond donors (Lipinski definition) is 2. The van der Waals surface area contributed by atoms with Crippen molar-refractivity contribution in [2.24, 2.45) is 10.2 Å². The number of rotatable bonds is 3. The molecule has 0 fully saturated rings. The summed E-state index contributed by atoms with van der Waals surface area (Å²) in [5.74, 6) is 1.34. The van der Waals surface area contributed by atoms with Gasteiger partial charge in [0.25, 0.3) is 0 Å². The second-order valence-corrected chi connectivity index (χ2v) is 6.16. The van der Waals surface area contributed by atoms with Crippen molar-refractivity contribution < 1.29 is 0 Å². The van der Waals surface area contributed by atoms with E-state index in [9.17, 15) is 5.26 Å². The fourth-order valence-corrected chi connectivity index (χ4v) is 2.95. The van der Waals surface area contributed by atoms with Crippen LogP contribution >= 0.6 is 0 Å². The number of H-pyrrole nitrogens is 2. The first-order valence-corrected chi connectivity index (χ1v) is 8.41. The molecule has 11 heteroatoms. The van der Waals surface area contributed by atoms with Gasteiger partial charge in [-0.25, -0.2) is 9.97 Å². The Morgan fingerprint density at radius 1 is 1.14 bits per heavy atom. The fourth-order valence-electron chi connectivity index (χ4n) is 2.95. The van der Waals surface area contributed by atoms with Crippen molar-refractivity contribution in [2.75, 3.05) is 0 Å². The van der Waals surface area contributed by atoms with E-state index in [2.05, 4.69) is 46.5 Å². The monoisotopic (exact) mass is 371 g/mol. The fraction of sp³-hybridized carbons (Fsp3) is 0.118. The van der Waals surface area contributed by atoms with Crippen LogP contribution in [0.1, 0.15) is 17.1 Å². The van der Waals surface area contributed by atoms with Gasteiger partial charge in [0, 0.05) is 0 Å². The SMILES string of the molecule is Cc1nc2c(N=Nc3c(C#N)cnn3-c3nc4ccccc4[nH]3)c(C)[nH]n2n1. The Balaban J connectivity index is 1.63. The van der Waals surface area contributed by atoms with E-state index >= 15 is 0 Å². The molecule has 1 aromatic carbocycles. The topological polar surface area (TPSA) is 141 Å². The van der Waals surface area contributed by atoms with Crippen LogP contribution in [-0.2, 0) is 0 Å². The average molecular weight is 371 g/mol. The second kappa shape index (κ2) is 5.85. The molecule has 136 valence electrons. The molecular weight excluding hydrogens is 358 g/mol. The van der Waals surface area contributed by atoms with Gasteiger partial charge in [-0.2, -0.15) is 19.7 Å². The lowest BCUT2D eigenvalue weighted by molar-refractivity contribution is 0.793. The number of aromatic nitrogens is 8. The van der Waals surface area contributed by atoms with Crippen LogP contribution in [0.4, 0.5) is 11.5 Å². The van der Waals surface area contributed by atoms with Crippen LogP contribution in [0.5, 0.6) is 0 Å². The minimum Gasteiger partial charge on any atom is -0.322 e. The Bertz CT molecular complexity index is 1370. The number of nitrogens with one attached hydrogen (secondary N) is 2. The van der Waals surface area contributed by atoms with Crippen LogP contribution in [0.15, 0.2) is 40.7 Å². The van der Waals surface area contributed by atoms with E-state index in [0.29, 0.717) is 23.1 Å². The number of aromatic amines is 2. The lowest BCUT2D eigenvalue weighted by atomic mass is 10.3. The van der Waals surface area contributed by atoms with E-state index in [1.165, 1.54) is 10.9 Å². The van der Waals surface area contributed by atoms with Crippen LogP contribution in [-0.4, -0.2) is 39.6 Å². The molecule has 5 aromatic rings. The van der Waals surface area contributed by atoms with Gasteiger partial charge in [0.15, 0.2) is 11.5 Å². The van der Waals surface area contributed by atoms with Crippen LogP contribution in [0.2, 0.25) is 0 Å². The summed E-state index contributed by atoms with van der Waals surface area (Å²) in [4.78, 5) is 12.0. The quantitative estimate of drug-likeness (QED) is 0.469. The third-order valence-electron chi connectivity index (χ3n) is 4.24. The highest BCUT2D eigenvalue weighted by Gasteiger charge is 2.17. The number of para-hydroxylation sites is 2. The number of aryl methyl sites for hydroxylation is 2. The normalized spacial score (nSPS) is 11.8. The second-order valence-electron chi connectivity index (χ2n) is 6.16. The maximum atomic E-state index is 9.44. The number of nitriles is 1. The molecule has 0 aliphatic rings. The van der Waals surface area contributed by atoms with Gasteiger partial charge in [-0.1, -0.05) is 12.1 Å². The molecule has 0 aliphatic carbocycles. The molecule has 28 heavy (non-hydrogen) atoms. The van der Waals surface area contributed by atoms with Crippen molar-refractivity contribution in [1.82, 2.24) is 39.6 Å². The molecule has 0 aliphatic heterocycles. The van der Waals surface area contributed by atoms with Crippen LogP contribution in [0.3, 0.4) is 0 Å². The maximum Gasteiger partial charge on any atom is 0.231 e. The molecule has 0 saturated heterocycles. The Morgan fingerprint density at radius 2 is 2.00 bits per heavy atom. The van der Waals surface area contributed by atoms with Gasteiger partial charge in [-0.05, 0) is 26.0 Å². The molecule has 0 amide bonds. The minimum atomic E-state index is 0.275. The highest BCUT2D eigenvalue weighted by atomic mass is 15.5. The Kier molecular flexibility index (Phi) is 3.32. The Labute approximate surface area is 157 Å². The van der Waals surface area contributed by atoms with Gasteiger partial charge in [0.05, 0.1) is 22.9 Å². The molecular formula is C17H13N11. The summed E-state index contributed by atoms with van der Waals surface area (Å²) in [6.45, 7) is 3.64. The lowest BCUT2D eigenvalue weighted by Crippen LogP contribution is -1.97. The first-order valence-electron chi connectivity index (χ1n) is 8.41. The summed E-state index contributed by atoms with van der Waals surface area (Å²) in [5.41, 5.74) is 3.79. The van der Waals surface area contributed by atoms with Gasteiger partial charge in [0.1, 0.15) is 17.5 Å². The first-order chi connectivity index (χ1) is 13.6. The number of azo groups is 1. The van der Waals surface area contributed by atoms with Crippen LogP contribution in [0, 0.1) is 25.2 Å². The molecule has 0 saturated carbocycles. The number of benzene rings is 1. The molecule has 0 bridgehead atoms. The summed E-state index contributed by atoms with van der Waals surface area (Å²) in [5, 5.41) is 29.6. The highest BCUT2D eigenvalue weighted by Crippen LogP contribution is 2.28. The summed E-state index contributed by atoms with van der Waals surface area (Å²) < 4.78 is 3.00. The van der Waals surface area contributed by atoms with Gasteiger partial charge in [-0.15, -0.1) is 15.3 Å². The molecule has 0 atom stereocenters. The lowest BCUT2D eigenvalue weighted by Gasteiger charge is -1.98. The van der Waals surface area contributed by atoms with Gasteiger partial charge < -0.3 is 4.98 Å². The van der Waals surface area contributed by atoms with Gasteiger partial charge >= 0.3 is 0 Å². The number of nitrogens with zero attached hydrogens (tertiary/aromatic N) is 9. The zero-order valence-electron chi connectivity index (χ0n) is 14.9. The third-order valence-corrected chi connectivity index (χ3v) is 4.24. The van der Waals surface area contributed by atoms with E-state index in [0.717, 1.165) is 16.7 Å². The smallest absolute Gasteiger partial charge is 0.231 e. The molecule has 5 rings (SSSR count). The summed E-state index contributed by atoms with van der Waals surface area (Å²) in [7, 11) is 0. The molecule has 4 heterocycles. The van der Waals surface area contributed by atoms with E-state index in [-0.39, 0.29) is 11.4 Å². The molecule has 0 spiro atoms. The van der Waals surface area contributed by atoms with E-state index in [4.69, 9.17) is 0 Å². The van der Waals surface area contributed by atoms with E-state index in [1.807, 2.05) is 31.2 Å². The minimum absolute atomic E-state index is 0.275. The number of hydrogen-bond acceptors (Lipinski definition) is 7. The van der Waals surface area contributed by atoms with Crippen molar-refractivity contribution in [3.63, 3.8) is 0 Å².